The molecule has 2 aromatic rings. The molecule has 1 amide bonds. The molecule has 0 unspecified atom stereocenters. The normalized spacial score (nSPS) is 16.6. The van der Waals surface area contributed by atoms with Crippen LogP contribution in [0.1, 0.15) is 55.1 Å². The number of sulfonamides is 1. The van der Waals surface area contributed by atoms with Crippen molar-refractivity contribution in [1.29, 1.82) is 0 Å². The Morgan fingerprint density at radius 1 is 1.00 bits per heavy atom. The molecular weight excluding hydrogens is 372 g/mol. The quantitative estimate of drug-likeness (QED) is 0.848. The summed E-state index contributed by atoms with van der Waals surface area (Å²) < 4.78 is 25.8. The predicted octanol–water partition coefficient (Wildman–Crippen LogP) is 3.84. The molecule has 0 spiro atoms. The Bertz CT molecular complexity index is 927. The van der Waals surface area contributed by atoms with E-state index in [1.54, 1.807) is 24.3 Å². The van der Waals surface area contributed by atoms with E-state index >= 15 is 0 Å². The summed E-state index contributed by atoms with van der Waals surface area (Å²) in [5.41, 5.74) is 3.53. The first-order valence-corrected chi connectivity index (χ1v) is 11.3. The van der Waals surface area contributed by atoms with Crippen LogP contribution < -0.4 is 9.62 Å². The van der Waals surface area contributed by atoms with Crippen molar-refractivity contribution in [3.05, 3.63) is 65.2 Å². The van der Waals surface area contributed by atoms with Crippen molar-refractivity contribution in [2.75, 3.05) is 16.6 Å². The van der Waals surface area contributed by atoms with Crippen LogP contribution in [0.15, 0.2) is 48.5 Å². The van der Waals surface area contributed by atoms with Crippen LogP contribution in [-0.4, -0.2) is 26.6 Å². The van der Waals surface area contributed by atoms with E-state index in [1.807, 2.05) is 12.1 Å². The van der Waals surface area contributed by atoms with Gasteiger partial charge in [0.1, 0.15) is 0 Å². The maximum atomic E-state index is 12.4. The number of nitrogens with zero attached hydrogens (tertiary/aromatic N) is 1. The first-order valence-electron chi connectivity index (χ1n) is 9.65. The minimum absolute atomic E-state index is 0.103. The standard InChI is InChI=1S/C22H28N2O3S/c1-22(2,3)19-10-6-17(7-11-19)16-23-21(25)18-8-12-20(13-9-18)24-14-4-5-15-28(24,26)27/h6-13H,4-5,14-16H2,1-3H3,(H,23,25). The highest BCUT2D eigenvalue weighted by Gasteiger charge is 2.26. The van der Waals surface area contributed by atoms with Crippen LogP contribution in [-0.2, 0) is 22.0 Å². The minimum atomic E-state index is -3.24. The van der Waals surface area contributed by atoms with E-state index < -0.39 is 10.0 Å². The molecule has 1 aliphatic rings. The average Bonchev–Trinajstić information content (AvgIpc) is 2.65. The Balaban J connectivity index is 1.62. The lowest BCUT2D eigenvalue weighted by molar-refractivity contribution is 0.0951. The second-order valence-electron chi connectivity index (χ2n) is 8.27. The zero-order chi connectivity index (χ0) is 20.4. The van der Waals surface area contributed by atoms with Gasteiger partial charge in [0.25, 0.3) is 5.91 Å². The Morgan fingerprint density at radius 3 is 2.21 bits per heavy atom. The highest BCUT2D eigenvalue weighted by atomic mass is 32.2. The lowest BCUT2D eigenvalue weighted by atomic mass is 9.87. The van der Waals surface area contributed by atoms with Gasteiger partial charge in [0.2, 0.25) is 10.0 Å². The van der Waals surface area contributed by atoms with E-state index in [2.05, 4.69) is 38.2 Å². The van der Waals surface area contributed by atoms with Gasteiger partial charge in [-0.2, -0.15) is 0 Å². The molecule has 0 aliphatic carbocycles. The van der Waals surface area contributed by atoms with Crippen molar-refractivity contribution < 1.29 is 13.2 Å². The smallest absolute Gasteiger partial charge is 0.251 e. The topological polar surface area (TPSA) is 66.5 Å². The van der Waals surface area contributed by atoms with Gasteiger partial charge in [0, 0.05) is 18.7 Å². The van der Waals surface area contributed by atoms with Crippen LogP contribution in [0.25, 0.3) is 0 Å². The summed E-state index contributed by atoms with van der Waals surface area (Å²) in [5, 5.41) is 2.92. The van der Waals surface area contributed by atoms with Crippen LogP contribution in [0.4, 0.5) is 5.69 Å². The van der Waals surface area contributed by atoms with Gasteiger partial charge in [-0.05, 0) is 53.6 Å². The molecule has 2 aromatic carbocycles. The maximum Gasteiger partial charge on any atom is 0.251 e. The van der Waals surface area contributed by atoms with Crippen LogP contribution in [0, 0.1) is 0 Å². The largest absolute Gasteiger partial charge is 0.348 e. The van der Waals surface area contributed by atoms with Gasteiger partial charge in [0.05, 0.1) is 11.4 Å². The predicted molar refractivity (Wildman–Crippen MR) is 113 cm³/mol. The second-order valence-corrected chi connectivity index (χ2v) is 10.3. The van der Waals surface area contributed by atoms with Gasteiger partial charge in [-0.15, -0.1) is 0 Å². The first kappa shape index (κ1) is 20.4. The number of carbonyl (C=O) groups excluding carboxylic acids is 1. The summed E-state index contributed by atoms with van der Waals surface area (Å²) in [6.45, 7) is 7.46. The summed E-state index contributed by atoms with van der Waals surface area (Å²) in [4.78, 5) is 12.4. The van der Waals surface area contributed by atoms with E-state index in [-0.39, 0.29) is 17.1 Å². The maximum absolute atomic E-state index is 12.4. The first-order chi connectivity index (χ1) is 13.2. The lowest BCUT2D eigenvalue weighted by Gasteiger charge is -2.28. The van der Waals surface area contributed by atoms with E-state index in [4.69, 9.17) is 0 Å². The number of rotatable bonds is 4. The molecule has 150 valence electrons. The number of carbonyl (C=O) groups is 1. The van der Waals surface area contributed by atoms with E-state index in [1.165, 1.54) is 9.87 Å². The Kier molecular flexibility index (Phi) is 5.79. The van der Waals surface area contributed by atoms with Gasteiger partial charge in [-0.1, -0.05) is 45.0 Å². The molecule has 0 aromatic heterocycles. The van der Waals surface area contributed by atoms with Gasteiger partial charge < -0.3 is 5.32 Å². The third-order valence-corrected chi connectivity index (χ3v) is 6.91. The van der Waals surface area contributed by atoms with Gasteiger partial charge in [-0.3, -0.25) is 9.10 Å². The number of anilines is 1. The number of nitrogens with one attached hydrogen (secondary N) is 1. The molecule has 1 aliphatic heterocycles. The van der Waals surface area contributed by atoms with Crippen LogP contribution in [0.5, 0.6) is 0 Å². The van der Waals surface area contributed by atoms with Crippen LogP contribution in [0.2, 0.25) is 0 Å². The fourth-order valence-corrected chi connectivity index (χ4v) is 4.90. The summed E-state index contributed by atoms with van der Waals surface area (Å²) in [6, 6.07) is 15.0. The van der Waals surface area contributed by atoms with Crippen molar-refractivity contribution in [2.24, 2.45) is 0 Å². The summed E-state index contributed by atoms with van der Waals surface area (Å²) >= 11 is 0. The van der Waals surface area contributed by atoms with E-state index in [9.17, 15) is 13.2 Å². The fraction of sp³-hybridized carbons (Fsp3) is 0.409. The van der Waals surface area contributed by atoms with Gasteiger partial charge in [-0.25, -0.2) is 8.42 Å². The molecular formula is C22H28N2O3S. The number of hydrogen-bond donors (Lipinski definition) is 1. The molecule has 5 nitrogen and oxygen atoms in total. The molecule has 1 fully saturated rings. The summed E-state index contributed by atoms with van der Waals surface area (Å²) in [5.74, 6) is 0.0106. The minimum Gasteiger partial charge on any atom is -0.348 e. The lowest BCUT2D eigenvalue weighted by Crippen LogP contribution is -2.37. The van der Waals surface area contributed by atoms with Crippen molar-refractivity contribution in [3.8, 4) is 0 Å². The molecule has 0 bridgehead atoms. The van der Waals surface area contributed by atoms with Crippen LogP contribution in [0.3, 0.4) is 0 Å². The Morgan fingerprint density at radius 2 is 1.64 bits per heavy atom. The Hall–Kier alpha value is -2.34. The van der Waals surface area contributed by atoms with Gasteiger partial charge >= 0.3 is 0 Å². The SMILES string of the molecule is CC(C)(C)c1ccc(CNC(=O)c2ccc(N3CCCCS3(=O)=O)cc2)cc1. The number of hydrogen-bond acceptors (Lipinski definition) is 3. The summed E-state index contributed by atoms with van der Waals surface area (Å²) in [6.07, 6.45) is 1.56. The highest BCUT2D eigenvalue weighted by molar-refractivity contribution is 7.92. The van der Waals surface area contributed by atoms with Crippen molar-refractivity contribution in [1.82, 2.24) is 5.32 Å². The zero-order valence-electron chi connectivity index (χ0n) is 16.7. The monoisotopic (exact) mass is 400 g/mol. The molecule has 1 N–H and O–H groups in total. The molecule has 1 heterocycles. The molecule has 0 radical (unpaired) electrons. The molecule has 1 saturated heterocycles. The number of benzene rings is 2. The molecule has 0 atom stereocenters. The van der Waals surface area contributed by atoms with Crippen molar-refractivity contribution in [3.63, 3.8) is 0 Å². The van der Waals surface area contributed by atoms with Crippen molar-refractivity contribution in [2.45, 2.75) is 45.6 Å². The molecule has 6 heteroatoms. The highest BCUT2D eigenvalue weighted by Crippen LogP contribution is 2.24. The van der Waals surface area contributed by atoms with E-state index in [0.717, 1.165) is 12.0 Å². The third-order valence-electron chi connectivity index (χ3n) is 5.04. The van der Waals surface area contributed by atoms with Crippen molar-refractivity contribution >= 4 is 21.6 Å². The summed E-state index contributed by atoms with van der Waals surface area (Å²) in [7, 11) is -3.24. The molecule has 28 heavy (non-hydrogen) atoms. The molecule has 3 rings (SSSR count). The average molecular weight is 401 g/mol. The zero-order valence-corrected chi connectivity index (χ0v) is 17.6. The van der Waals surface area contributed by atoms with E-state index in [0.29, 0.717) is 30.8 Å². The molecule has 0 saturated carbocycles. The fourth-order valence-electron chi connectivity index (χ4n) is 3.26. The Labute approximate surface area is 167 Å². The number of amides is 1. The van der Waals surface area contributed by atoms with Crippen LogP contribution >= 0.6 is 0 Å². The second kappa shape index (κ2) is 7.95. The third kappa shape index (κ3) is 4.73. The van der Waals surface area contributed by atoms with Gasteiger partial charge in [0.15, 0.2) is 0 Å².